The van der Waals surface area contributed by atoms with Gasteiger partial charge in [0.15, 0.2) is 6.10 Å². The lowest BCUT2D eigenvalue weighted by molar-refractivity contribution is -0.361. The summed E-state index contributed by atoms with van der Waals surface area (Å²) in [6, 6.07) is 0. The molecule has 158 valence electrons. The van der Waals surface area contributed by atoms with Crippen molar-refractivity contribution in [3.63, 3.8) is 0 Å². The van der Waals surface area contributed by atoms with Crippen LogP contribution in [0.25, 0.3) is 0 Å². The molecule has 0 spiro atoms. The molecule has 0 aromatic carbocycles. The number of ether oxygens (including phenoxy) is 1. The first-order valence-electron chi connectivity index (χ1n) is 9.86. The van der Waals surface area contributed by atoms with E-state index in [1.165, 1.54) is 6.92 Å². The Morgan fingerprint density at radius 2 is 1.71 bits per heavy atom. The molecule has 4 aliphatic rings. The molecule has 0 radical (unpaired) electrons. The summed E-state index contributed by atoms with van der Waals surface area (Å²) >= 11 is 0. The van der Waals surface area contributed by atoms with Crippen LogP contribution in [0.3, 0.4) is 0 Å². The van der Waals surface area contributed by atoms with Gasteiger partial charge in [-0.1, -0.05) is 32.4 Å². The smallest absolute Gasteiger partial charge is 0.338 e. The summed E-state index contributed by atoms with van der Waals surface area (Å²) in [6.07, 6.45) is -6.12. The third kappa shape index (κ3) is 1.94. The summed E-state index contributed by atoms with van der Waals surface area (Å²) < 4.78 is 5.53. The van der Waals surface area contributed by atoms with Gasteiger partial charge in [-0.05, 0) is 19.3 Å². The number of aliphatic hydroxyl groups excluding tert-OH is 5. The van der Waals surface area contributed by atoms with Gasteiger partial charge in [0, 0.05) is 22.7 Å². The van der Waals surface area contributed by atoms with Crippen molar-refractivity contribution in [3.05, 3.63) is 11.6 Å². The summed E-state index contributed by atoms with van der Waals surface area (Å²) in [5.74, 6) is -3.27. The molecule has 0 amide bonds. The van der Waals surface area contributed by atoms with E-state index in [1.54, 1.807) is 26.8 Å². The number of carbonyl (C=O) groups excluding carboxylic acids is 1. The van der Waals surface area contributed by atoms with Crippen LogP contribution >= 0.6 is 0 Å². The molecule has 1 saturated heterocycles. The maximum Gasteiger partial charge on any atom is 0.338 e. The normalized spacial score (nSPS) is 61.0. The number of hydrogen-bond donors (Lipinski definition) is 6. The van der Waals surface area contributed by atoms with Gasteiger partial charge in [0.2, 0.25) is 0 Å². The Balaban J connectivity index is 2.00. The van der Waals surface area contributed by atoms with Crippen molar-refractivity contribution in [1.29, 1.82) is 0 Å². The quantitative estimate of drug-likeness (QED) is 0.218. The van der Waals surface area contributed by atoms with Crippen LogP contribution in [0.5, 0.6) is 0 Å². The first kappa shape index (κ1) is 20.3. The second-order valence-corrected chi connectivity index (χ2v) is 9.68. The summed E-state index contributed by atoms with van der Waals surface area (Å²) in [5.41, 5.74) is -3.75. The fourth-order valence-electron chi connectivity index (χ4n) is 7.26. The van der Waals surface area contributed by atoms with Gasteiger partial charge in [-0.25, -0.2) is 4.79 Å². The minimum Gasteiger partial charge on any atom is -0.460 e. The number of hydrogen-bond acceptors (Lipinski definition) is 8. The molecule has 1 heterocycles. The van der Waals surface area contributed by atoms with Crippen molar-refractivity contribution >= 4 is 5.97 Å². The van der Waals surface area contributed by atoms with Gasteiger partial charge in [-0.3, -0.25) is 0 Å². The van der Waals surface area contributed by atoms with Crippen molar-refractivity contribution in [2.24, 2.45) is 28.6 Å². The van der Waals surface area contributed by atoms with Gasteiger partial charge in [0.1, 0.15) is 11.7 Å². The Morgan fingerprint density at radius 1 is 1.11 bits per heavy atom. The number of carbonyl (C=O) groups is 1. The van der Waals surface area contributed by atoms with Crippen molar-refractivity contribution < 1.29 is 40.2 Å². The molecular weight excluding hydrogens is 368 g/mol. The van der Waals surface area contributed by atoms with Crippen molar-refractivity contribution in [3.8, 4) is 0 Å². The van der Waals surface area contributed by atoms with E-state index in [0.29, 0.717) is 0 Å². The number of rotatable bonds is 0. The van der Waals surface area contributed by atoms with Crippen molar-refractivity contribution in [1.82, 2.24) is 0 Å². The minimum atomic E-state index is -2.07. The average Bonchev–Trinajstić information content (AvgIpc) is 2.63. The van der Waals surface area contributed by atoms with Crippen LogP contribution in [-0.4, -0.2) is 78.8 Å². The fourth-order valence-corrected chi connectivity index (χ4v) is 7.26. The van der Waals surface area contributed by atoms with Gasteiger partial charge in [0.25, 0.3) is 0 Å². The van der Waals surface area contributed by atoms with Gasteiger partial charge >= 0.3 is 5.97 Å². The lowest BCUT2D eigenvalue weighted by Crippen LogP contribution is -2.83. The molecular formula is C20H30O8. The van der Waals surface area contributed by atoms with E-state index in [-0.39, 0.29) is 12.3 Å². The highest BCUT2D eigenvalue weighted by molar-refractivity contribution is 5.78. The molecule has 28 heavy (non-hydrogen) atoms. The molecule has 3 fully saturated rings. The monoisotopic (exact) mass is 398 g/mol. The summed E-state index contributed by atoms with van der Waals surface area (Å²) in [6.45, 7) is 6.65. The van der Waals surface area contributed by atoms with Crippen LogP contribution in [0.4, 0.5) is 0 Å². The van der Waals surface area contributed by atoms with E-state index in [1.807, 2.05) is 0 Å². The average molecular weight is 398 g/mol. The highest BCUT2D eigenvalue weighted by Crippen LogP contribution is 2.69. The standard InChI is InChI=1S/C20H30O8/c1-7-5-10(21)15(24)18(3)9(7)6-11-19(4)14(18)13(23)12(22)8(2)20(19,27)16(25)17(26)28-11/h5,8-16,21-25,27H,6H2,1-4H3/t8-,9-,10-,11+,12+,13-,14+,15+,16-,18-,19+,20-/m0/s1. The van der Waals surface area contributed by atoms with E-state index < -0.39 is 70.9 Å². The SMILES string of the molecule is CC1=C[C@H](O)[C@@H](O)[C@]2(C)[C@H]3[C@@H](O)[C@H](O)[C@H](C)[C@]4(O)[C@@H](O)C(=O)O[C@H](C[C@@H]12)[C@]34C. The number of esters is 1. The first-order valence-corrected chi connectivity index (χ1v) is 9.86. The zero-order valence-corrected chi connectivity index (χ0v) is 16.5. The molecule has 0 bridgehead atoms. The predicted octanol–water partition coefficient (Wildman–Crippen LogP) is -1.29. The predicted molar refractivity (Wildman–Crippen MR) is 95.6 cm³/mol. The molecule has 6 N–H and O–H groups in total. The third-order valence-corrected chi connectivity index (χ3v) is 8.79. The van der Waals surface area contributed by atoms with Crippen LogP contribution in [0.2, 0.25) is 0 Å². The molecule has 12 atom stereocenters. The largest absolute Gasteiger partial charge is 0.460 e. The Kier molecular flexibility index (Phi) is 4.17. The van der Waals surface area contributed by atoms with Crippen molar-refractivity contribution in [2.75, 3.05) is 0 Å². The van der Waals surface area contributed by atoms with Gasteiger partial charge < -0.3 is 35.4 Å². The Hall–Kier alpha value is -1.03. The topological polar surface area (TPSA) is 148 Å². The number of allylic oxidation sites excluding steroid dienone is 1. The van der Waals surface area contributed by atoms with E-state index in [0.717, 1.165) is 5.57 Å². The highest BCUT2D eigenvalue weighted by atomic mass is 16.6. The van der Waals surface area contributed by atoms with Crippen LogP contribution in [0.1, 0.15) is 34.1 Å². The van der Waals surface area contributed by atoms with Gasteiger partial charge in [0.05, 0.1) is 24.4 Å². The maximum atomic E-state index is 12.4. The maximum absolute atomic E-state index is 12.4. The lowest BCUT2D eigenvalue weighted by atomic mass is 9.36. The lowest BCUT2D eigenvalue weighted by Gasteiger charge is -2.72. The first-order chi connectivity index (χ1) is 12.8. The summed E-state index contributed by atoms with van der Waals surface area (Å²) in [5, 5.41) is 65.7. The molecule has 3 aliphatic carbocycles. The van der Waals surface area contributed by atoms with Gasteiger partial charge in [-0.2, -0.15) is 0 Å². The van der Waals surface area contributed by atoms with E-state index in [2.05, 4.69) is 0 Å². The van der Waals surface area contributed by atoms with Crippen LogP contribution < -0.4 is 0 Å². The van der Waals surface area contributed by atoms with Crippen LogP contribution in [-0.2, 0) is 9.53 Å². The molecule has 2 saturated carbocycles. The third-order valence-electron chi connectivity index (χ3n) is 8.79. The molecule has 0 aromatic rings. The molecule has 8 nitrogen and oxygen atoms in total. The molecule has 1 aliphatic heterocycles. The van der Waals surface area contributed by atoms with E-state index in [9.17, 15) is 35.4 Å². The molecule has 4 rings (SSSR count). The second kappa shape index (κ2) is 5.77. The van der Waals surface area contributed by atoms with Crippen LogP contribution in [0.15, 0.2) is 11.6 Å². The zero-order valence-electron chi connectivity index (χ0n) is 16.5. The zero-order chi connectivity index (χ0) is 21.0. The molecule has 0 unspecified atom stereocenters. The number of aliphatic hydroxyl groups is 6. The molecule has 8 heteroatoms. The second-order valence-electron chi connectivity index (χ2n) is 9.68. The van der Waals surface area contributed by atoms with Crippen LogP contribution in [0, 0.1) is 28.6 Å². The van der Waals surface area contributed by atoms with E-state index >= 15 is 0 Å². The number of fused-ring (bicyclic) bond motifs is 2. The Morgan fingerprint density at radius 3 is 2.32 bits per heavy atom. The Bertz CT molecular complexity index is 738. The summed E-state index contributed by atoms with van der Waals surface area (Å²) in [4.78, 5) is 12.4. The highest BCUT2D eigenvalue weighted by Gasteiger charge is 2.79. The van der Waals surface area contributed by atoms with Gasteiger partial charge in [-0.15, -0.1) is 0 Å². The van der Waals surface area contributed by atoms with E-state index in [4.69, 9.17) is 4.74 Å². The van der Waals surface area contributed by atoms with Crippen molar-refractivity contribution in [2.45, 2.75) is 76.3 Å². The fraction of sp³-hybridized carbons (Fsp3) is 0.850. The Labute approximate surface area is 163 Å². The molecule has 0 aromatic heterocycles. The summed E-state index contributed by atoms with van der Waals surface area (Å²) in [7, 11) is 0. The minimum absolute atomic E-state index is 0.270.